The number of carbonyl (C=O) groups is 2. The Morgan fingerprint density at radius 3 is 2.44 bits per heavy atom. The number of para-hydroxylation sites is 1. The highest BCUT2D eigenvalue weighted by molar-refractivity contribution is 6.35. The van der Waals surface area contributed by atoms with Crippen molar-refractivity contribution in [3.8, 4) is 0 Å². The van der Waals surface area contributed by atoms with E-state index in [4.69, 9.17) is 27.6 Å². The van der Waals surface area contributed by atoms with E-state index in [9.17, 15) is 9.59 Å². The Labute approximate surface area is 153 Å². The molecule has 7 heteroatoms. The van der Waals surface area contributed by atoms with Crippen molar-refractivity contribution < 1.29 is 14.0 Å². The van der Waals surface area contributed by atoms with Gasteiger partial charge in [-0.2, -0.15) is 0 Å². The minimum absolute atomic E-state index is 0.185. The molecule has 0 unspecified atom stereocenters. The molecule has 0 spiro atoms. The lowest BCUT2D eigenvalue weighted by Gasteiger charge is -2.08. The number of furan rings is 1. The van der Waals surface area contributed by atoms with Crippen molar-refractivity contribution >= 4 is 57.4 Å². The zero-order valence-corrected chi connectivity index (χ0v) is 15.0. The van der Waals surface area contributed by atoms with E-state index in [1.807, 2.05) is 6.07 Å². The molecule has 0 aliphatic heterocycles. The number of hydrogen-bond acceptors (Lipinski definition) is 3. The summed E-state index contributed by atoms with van der Waals surface area (Å²) in [5, 5.41) is 6.88. The Bertz CT molecular complexity index is 995. The molecule has 1 heterocycles. The first kappa shape index (κ1) is 17.3. The second-order valence-corrected chi connectivity index (χ2v) is 6.32. The summed E-state index contributed by atoms with van der Waals surface area (Å²) in [6, 6.07) is 10.2. The van der Waals surface area contributed by atoms with Crippen molar-refractivity contribution in [3.05, 3.63) is 57.8 Å². The third-order valence-electron chi connectivity index (χ3n) is 3.66. The topological polar surface area (TPSA) is 71.3 Å². The molecule has 3 rings (SSSR count). The summed E-state index contributed by atoms with van der Waals surface area (Å²) in [6.07, 6.45) is 0. The van der Waals surface area contributed by atoms with Gasteiger partial charge in [-0.15, -0.1) is 0 Å². The molecule has 0 saturated heterocycles. The lowest BCUT2D eigenvalue weighted by atomic mass is 10.1. The van der Waals surface area contributed by atoms with Crippen LogP contribution in [0.2, 0.25) is 10.0 Å². The van der Waals surface area contributed by atoms with Crippen molar-refractivity contribution in [2.45, 2.75) is 13.8 Å². The number of nitrogens with one attached hydrogen (secondary N) is 2. The Hall–Kier alpha value is -2.50. The van der Waals surface area contributed by atoms with Crippen LogP contribution in [0.3, 0.4) is 0 Å². The first-order chi connectivity index (χ1) is 11.9. The average Bonchev–Trinajstić information content (AvgIpc) is 2.88. The third kappa shape index (κ3) is 3.48. The molecule has 1 aromatic heterocycles. The summed E-state index contributed by atoms with van der Waals surface area (Å²) in [4.78, 5) is 23.6. The van der Waals surface area contributed by atoms with Gasteiger partial charge in [0, 0.05) is 23.6 Å². The normalized spacial score (nSPS) is 10.7. The van der Waals surface area contributed by atoms with Crippen LogP contribution in [0, 0.1) is 6.92 Å². The molecular formula is C18H14Cl2N2O3. The fraction of sp³-hybridized carbons (Fsp3) is 0.111. The highest BCUT2D eigenvalue weighted by atomic mass is 35.5. The Balaban J connectivity index is 1.88. The summed E-state index contributed by atoms with van der Waals surface area (Å²) >= 11 is 12.2. The Morgan fingerprint density at radius 1 is 1.04 bits per heavy atom. The summed E-state index contributed by atoms with van der Waals surface area (Å²) < 4.78 is 5.64. The number of halogens is 2. The first-order valence-corrected chi connectivity index (χ1v) is 8.18. The first-order valence-electron chi connectivity index (χ1n) is 7.43. The number of amides is 2. The van der Waals surface area contributed by atoms with E-state index in [-0.39, 0.29) is 11.7 Å². The molecule has 2 aromatic carbocycles. The second kappa shape index (κ2) is 6.78. The molecule has 2 amide bonds. The van der Waals surface area contributed by atoms with Gasteiger partial charge in [0.1, 0.15) is 0 Å². The molecule has 0 saturated carbocycles. The van der Waals surface area contributed by atoms with Gasteiger partial charge in [0.15, 0.2) is 11.3 Å². The minimum atomic E-state index is -0.409. The molecule has 128 valence electrons. The van der Waals surface area contributed by atoms with Crippen LogP contribution < -0.4 is 10.6 Å². The van der Waals surface area contributed by atoms with Gasteiger partial charge in [-0.05, 0) is 31.2 Å². The van der Waals surface area contributed by atoms with Crippen LogP contribution in [-0.4, -0.2) is 11.8 Å². The average molecular weight is 377 g/mol. The monoisotopic (exact) mass is 376 g/mol. The van der Waals surface area contributed by atoms with Gasteiger partial charge in [-0.1, -0.05) is 35.3 Å². The zero-order chi connectivity index (χ0) is 18.1. The van der Waals surface area contributed by atoms with Crippen LogP contribution >= 0.6 is 23.2 Å². The molecule has 0 atom stereocenters. The van der Waals surface area contributed by atoms with E-state index >= 15 is 0 Å². The van der Waals surface area contributed by atoms with Crippen molar-refractivity contribution in [1.82, 2.24) is 0 Å². The van der Waals surface area contributed by atoms with Crippen LogP contribution in [-0.2, 0) is 4.79 Å². The quantitative estimate of drug-likeness (QED) is 0.654. The van der Waals surface area contributed by atoms with Crippen LogP contribution in [0.5, 0.6) is 0 Å². The number of fused-ring (bicyclic) bond motifs is 1. The SMILES string of the molecule is CC(=O)Nc1ccc(NC(=O)c2oc3c(Cl)cccc3c2C)cc1Cl. The number of rotatable bonds is 3. The highest BCUT2D eigenvalue weighted by Crippen LogP contribution is 2.31. The van der Waals surface area contributed by atoms with E-state index in [1.54, 1.807) is 37.3 Å². The van der Waals surface area contributed by atoms with Crippen molar-refractivity contribution in [2.24, 2.45) is 0 Å². The number of benzene rings is 2. The molecule has 0 fully saturated rings. The van der Waals surface area contributed by atoms with Crippen LogP contribution in [0.25, 0.3) is 11.0 Å². The maximum absolute atomic E-state index is 12.5. The van der Waals surface area contributed by atoms with E-state index in [0.29, 0.717) is 32.6 Å². The second-order valence-electron chi connectivity index (χ2n) is 5.50. The smallest absolute Gasteiger partial charge is 0.291 e. The van der Waals surface area contributed by atoms with Gasteiger partial charge in [-0.25, -0.2) is 0 Å². The van der Waals surface area contributed by atoms with E-state index in [0.717, 1.165) is 5.39 Å². The number of carbonyl (C=O) groups excluding carboxylic acids is 2. The molecule has 0 bridgehead atoms. The van der Waals surface area contributed by atoms with Crippen molar-refractivity contribution in [3.63, 3.8) is 0 Å². The van der Waals surface area contributed by atoms with Crippen LogP contribution in [0.1, 0.15) is 23.0 Å². The van der Waals surface area contributed by atoms with Gasteiger partial charge in [0.2, 0.25) is 5.91 Å². The summed E-state index contributed by atoms with van der Waals surface area (Å²) in [5.74, 6) is -0.452. The maximum Gasteiger partial charge on any atom is 0.291 e. The predicted molar refractivity (Wildman–Crippen MR) is 99.7 cm³/mol. The number of hydrogen-bond donors (Lipinski definition) is 2. The molecule has 25 heavy (non-hydrogen) atoms. The molecule has 0 radical (unpaired) electrons. The standard InChI is InChI=1S/C18H14Cl2N2O3/c1-9-12-4-3-5-13(19)17(12)25-16(9)18(24)22-11-6-7-15(14(20)8-11)21-10(2)23/h3-8H,1-2H3,(H,21,23)(H,22,24). The Kier molecular flexibility index (Phi) is 4.70. The van der Waals surface area contributed by atoms with Gasteiger partial charge in [-0.3, -0.25) is 9.59 Å². The summed E-state index contributed by atoms with van der Waals surface area (Å²) in [5.41, 5.74) is 2.13. The maximum atomic E-state index is 12.5. The number of anilines is 2. The van der Waals surface area contributed by atoms with Gasteiger partial charge < -0.3 is 15.1 Å². The molecular weight excluding hydrogens is 363 g/mol. The van der Waals surface area contributed by atoms with Gasteiger partial charge >= 0.3 is 0 Å². The van der Waals surface area contributed by atoms with Gasteiger partial charge in [0.25, 0.3) is 5.91 Å². The fourth-order valence-corrected chi connectivity index (χ4v) is 2.94. The molecule has 3 aromatic rings. The third-order valence-corrected chi connectivity index (χ3v) is 4.27. The lowest BCUT2D eigenvalue weighted by molar-refractivity contribution is -0.114. The summed E-state index contributed by atoms with van der Waals surface area (Å²) in [7, 11) is 0. The number of aryl methyl sites for hydroxylation is 1. The van der Waals surface area contributed by atoms with E-state index in [2.05, 4.69) is 10.6 Å². The molecule has 0 aliphatic rings. The summed E-state index contributed by atoms with van der Waals surface area (Å²) in [6.45, 7) is 3.19. The van der Waals surface area contributed by atoms with Crippen LogP contribution in [0.4, 0.5) is 11.4 Å². The van der Waals surface area contributed by atoms with Crippen LogP contribution in [0.15, 0.2) is 40.8 Å². The fourth-order valence-electron chi connectivity index (χ4n) is 2.50. The molecule has 2 N–H and O–H groups in total. The van der Waals surface area contributed by atoms with Crippen molar-refractivity contribution in [1.29, 1.82) is 0 Å². The largest absolute Gasteiger partial charge is 0.449 e. The minimum Gasteiger partial charge on any atom is -0.449 e. The molecule has 5 nitrogen and oxygen atoms in total. The zero-order valence-electron chi connectivity index (χ0n) is 13.4. The Morgan fingerprint density at radius 2 is 1.80 bits per heavy atom. The van der Waals surface area contributed by atoms with E-state index < -0.39 is 5.91 Å². The van der Waals surface area contributed by atoms with Crippen molar-refractivity contribution in [2.75, 3.05) is 10.6 Å². The predicted octanol–water partition coefficient (Wildman–Crippen LogP) is 5.26. The lowest BCUT2D eigenvalue weighted by Crippen LogP contribution is -2.12. The van der Waals surface area contributed by atoms with Gasteiger partial charge in [0.05, 0.1) is 15.7 Å². The highest BCUT2D eigenvalue weighted by Gasteiger charge is 2.19. The molecule has 0 aliphatic carbocycles. The van der Waals surface area contributed by atoms with E-state index in [1.165, 1.54) is 6.92 Å².